The lowest BCUT2D eigenvalue weighted by Gasteiger charge is -2.19. The molecule has 0 aliphatic carbocycles. The zero-order chi connectivity index (χ0) is 23.5. The van der Waals surface area contributed by atoms with Crippen LogP contribution in [-0.2, 0) is 9.53 Å². The SMILES string of the molecule is Cc1ccc(N2CC(OC(=O)Nc3ccc(N(C)c4nc(C)cc(C)n4)cc3)CC2=O)cc1. The molecule has 1 unspecified atom stereocenters. The summed E-state index contributed by atoms with van der Waals surface area (Å²) >= 11 is 0. The zero-order valence-electron chi connectivity index (χ0n) is 19.2. The van der Waals surface area contributed by atoms with Crippen LogP contribution < -0.4 is 15.1 Å². The first kappa shape index (κ1) is 22.3. The Kier molecular flexibility index (Phi) is 6.26. The number of rotatable bonds is 5. The third kappa shape index (κ3) is 5.28. The summed E-state index contributed by atoms with van der Waals surface area (Å²) in [6.07, 6.45) is -0.913. The Morgan fingerprint density at radius 3 is 2.30 bits per heavy atom. The van der Waals surface area contributed by atoms with Gasteiger partial charge >= 0.3 is 6.09 Å². The Morgan fingerprint density at radius 1 is 1.03 bits per heavy atom. The van der Waals surface area contributed by atoms with Crippen molar-refractivity contribution in [2.75, 3.05) is 28.7 Å². The maximum Gasteiger partial charge on any atom is 0.411 e. The second-order valence-corrected chi connectivity index (χ2v) is 8.25. The van der Waals surface area contributed by atoms with E-state index in [2.05, 4.69) is 15.3 Å². The molecular formula is C25H27N5O3. The summed E-state index contributed by atoms with van der Waals surface area (Å²) in [5.41, 5.74) is 5.21. The van der Waals surface area contributed by atoms with E-state index in [4.69, 9.17) is 4.74 Å². The molecule has 1 saturated heterocycles. The van der Waals surface area contributed by atoms with Crippen LogP contribution >= 0.6 is 0 Å². The average Bonchev–Trinajstić information content (AvgIpc) is 3.13. The Labute approximate surface area is 193 Å². The number of anilines is 4. The molecule has 2 amide bonds. The summed E-state index contributed by atoms with van der Waals surface area (Å²) in [5, 5.41) is 2.73. The molecule has 0 radical (unpaired) electrons. The molecule has 2 heterocycles. The topological polar surface area (TPSA) is 87.7 Å². The van der Waals surface area contributed by atoms with Gasteiger partial charge in [-0.15, -0.1) is 0 Å². The fraction of sp³-hybridized carbons (Fsp3) is 0.280. The smallest absolute Gasteiger partial charge is 0.411 e. The quantitative estimate of drug-likeness (QED) is 0.621. The Morgan fingerprint density at radius 2 is 1.67 bits per heavy atom. The average molecular weight is 446 g/mol. The van der Waals surface area contributed by atoms with Gasteiger partial charge in [0.2, 0.25) is 11.9 Å². The second-order valence-electron chi connectivity index (χ2n) is 8.25. The summed E-state index contributed by atoms with van der Waals surface area (Å²) in [4.78, 5) is 37.2. The molecule has 1 fully saturated rings. The van der Waals surface area contributed by atoms with E-state index in [0.29, 0.717) is 18.2 Å². The second kappa shape index (κ2) is 9.28. The number of amides is 2. The van der Waals surface area contributed by atoms with Crippen LogP contribution in [0.1, 0.15) is 23.4 Å². The van der Waals surface area contributed by atoms with Crippen molar-refractivity contribution >= 4 is 35.0 Å². The molecule has 1 aromatic heterocycles. The van der Waals surface area contributed by atoms with Gasteiger partial charge in [0.1, 0.15) is 6.10 Å². The molecule has 0 spiro atoms. The molecule has 170 valence electrons. The molecule has 1 aliphatic heterocycles. The maximum atomic E-state index is 12.4. The third-order valence-electron chi connectivity index (χ3n) is 5.48. The van der Waals surface area contributed by atoms with Crippen molar-refractivity contribution in [2.45, 2.75) is 33.3 Å². The van der Waals surface area contributed by atoms with Crippen molar-refractivity contribution in [1.29, 1.82) is 0 Å². The van der Waals surface area contributed by atoms with E-state index in [1.807, 2.05) is 75.2 Å². The molecule has 0 saturated carbocycles. The number of hydrogen-bond acceptors (Lipinski definition) is 6. The van der Waals surface area contributed by atoms with E-state index in [9.17, 15) is 9.59 Å². The van der Waals surface area contributed by atoms with Gasteiger partial charge in [0.25, 0.3) is 0 Å². The van der Waals surface area contributed by atoms with Crippen molar-refractivity contribution < 1.29 is 14.3 Å². The lowest BCUT2D eigenvalue weighted by Crippen LogP contribution is -2.28. The van der Waals surface area contributed by atoms with Gasteiger partial charge in [0, 0.05) is 35.5 Å². The van der Waals surface area contributed by atoms with Crippen LogP contribution in [0, 0.1) is 20.8 Å². The number of nitrogens with zero attached hydrogens (tertiary/aromatic N) is 4. The van der Waals surface area contributed by atoms with Crippen LogP contribution in [0.15, 0.2) is 54.6 Å². The summed E-state index contributed by atoms with van der Waals surface area (Å²) in [7, 11) is 1.89. The molecule has 1 N–H and O–H groups in total. The zero-order valence-corrected chi connectivity index (χ0v) is 19.2. The first-order valence-electron chi connectivity index (χ1n) is 10.8. The molecule has 0 bridgehead atoms. The van der Waals surface area contributed by atoms with E-state index in [1.165, 1.54) is 0 Å². The fourth-order valence-electron chi connectivity index (χ4n) is 3.77. The number of benzene rings is 2. The third-order valence-corrected chi connectivity index (χ3v) is 5.48. The molecule has 2 aromatic carbocycles. The fourth-order valence-corrected chi connectivity index (χ4v) is 3.77. The predicted octanol–water partition coefficient (Wildman–Crippen LogP) is 4.52. The van der Waals surface area contributed by atoms with Crippen LogP contribution in [0.4, 0.5) is 27.8 Å². The first-order valence-corrected chi connectivity index (χ1v) is 10.8. The summed E-state index contributed by atoms with van der Waals surface area (Å²) < 4.78 is 5.49. The van der Waals surface area contributed by atoms with Gasteiger partial charge in [-0.05, 0) is 63.2 Å². The number of nitrogens with one attached hydrogen (secondary N) is 1. The first-order chi connectivity index (χ1) is 15.8. The number of aromatic nitrogens is 2. The minimum atomic E-state index is -0.586. The lowest BCUT2D eigenvalue weighted by molar-refractivity contribution is -0.117. The molecular weight excluding hydrogens is 418 g/mol. The number of carbonyl (C=O) groups excluding carboxylic acids is 2. The molecule has 8 nitrogen and oxygen atoms in total. The van der Waals surface area contributed by atoms with Crippen molar-refractivity contribution in [3.05, 3.63) is 71.5 Å². The minimum Gasteiger partial charge on any atom is -0.444 e. The molecule has 1 atom stereocenters. The molecule has 8 heteroatoms. The largest absolute Gasteiger partial charge is 0.444 e. The van der Waals surface area contributed by atoms with Gasteiger partial charge in [-0.25, -0.2) is 14.8 Å². The van der Waals surface area contributed by atoms with E-state index < -0.39 is 12.2 Å². The van der Waals surface area contributed by atoms with Gasteiger partial charge < -0.3 is 14.5 Å². The summed E-state index contributed by atoms with van der Waals surface area (Å²) in [6.45, 7) is 6.20. The maximum absolute atomic E-state index is 12.4. The van der Waals surface area contributed by atoms with Gasteiger partial charge in [-0.3, -0.25) is 10.1 Å². The van der Waals surface area contributed by atoms with Crippen molar-refractivity contribution in [3.63, 3.8) is 0 Å². The van der Waals surface area contributed by atoms with Crippen LogP contribution in [0.3, 0.4) is 0 Å². The highest BCUT2D eigenvalue weighted by molar-refractivity contribution is 5.96. The Balaban J connectivity index is 1.34. The lowest BCUT2D eigenvalue weighted by atomic mass is 10.2. The van der Waals surface area contributed by atoms with E-state index in [0.717, 1.165) is 28.3 Å². The molecule has 1 aliphatic rings. The van der Waals surface area contributed by atoms with Crippen LogP contribution in [-0.4, -0.2) is 41.7 Å². The standard InChI is InChI=1S/C25H27N5O3/c1-16-5-9-21(10-6-16)30-15-22(14-23(30)31)33-25(32)28-19-7-11-20(12-8-19)29(4)24-26-17(2)13-18(3)27-24/h5-13,22H,14-15H2,1-4H3,(H,28,32). The van der Waals surface area contributed by atoms with E-state index in [-0.39, 0.29) is 12.3 Å². The highest BCUT2D eigenvalue weighted by Gasteiger charge is 2.33. The summed E-state index contributed by atoms with van der Waals surface area (Å²) in [6, 6.07) is 16.9. The number of hydrogen-bond donors (Lipinski definition) is 1. The molecule has 4 rings (SSSR count). The van der Waals surface area contributed by atoms with Crippen LogP contribution in [0.5, 0.6) is 0 Å². The highest BCUT2D eigenvalue weighted by atomic mass is 16.6. The Hall–Kier alpha value is -3.94. The van der Waals surface area contributed by atoms with Crippen LogP contribution in [0.2, 0.25) is 0 Å². The van der Waals surface area contributed by atoms with Crippen molar-refractivity contribution in [1.82, 2.24) is 9.97 Å². The number of aryl methyl sites for hydroxylation is 3. The van der Waals surface area contributed by atoms with Crippen molar-refractivity contribution in [3.8, 4) is 0 Å². The Bertz CT molecular complexity index is 1140. The molecule has 33 heavy (non-hydrogen) atoms. The minimum absolute atomic E-state index is 0.0577. The van der Waals surface area contributed by atoms with Crippen LogP contribution in [0.25, 0.3) is 0 Å². The monoisotopic (exact) mass is 445 g/mol. The van der Waals surface area contributed by atoms with Gasteiger partial charge in [0.15, 0.2) is 0 Å². The number of carbonyl (C=O) groups is 2. The number of ether oxygens (including phenoxy) is 1. The summed E-state index contributed by atoms with van der Waals surface area (Å²) in [5.74, 6) is 0.550. The predicted molar refractivity (Wildman–Crippen MR) is 128 cm³/mol. The van der Waals surface area contributed by atoms with E-state index >= 15 is 0 Å². The highest BCUT2D eigenvalue weighted by Crippen LogP contribution is 2.25. The van der Waals surface area contributed by atoms with Crippen molar-refractivity contribution in [2.24, 2.45) is 0 Å². The normalized spacial score (nSPS) is 15.5. The van der Waals surface area contributed by atoms with E-state index in [1.54, 1.807) is 17.0 Å². The van der Waals surface area contributed by atoms with Gasteiger partial charge in [-0.1, -0.05) is 17.7 Å². The van der Waals surface area contributed by atoms with Gasteiger partial charge in [0.05, 0.1) is 13.0 Å². The van der Waals surface area contributed by atoms with Gasteiger partial charge in [-0.2, -0.15) is 0 Å². The molecule has 3 aromatic rings.